The minimum absolute atomic E-state index is 0.200. The first-order valence-electron chi connectivity index (χ1n) is 6.08. The number of phenols is 1. The fourth-order valence-electron chi connectivity index (χ4n) is 1.66. The normalized spacial score (nSPS) is 10.4. The van der Waals surface area contributed by atoms with Gasteiger partial charge in [0.2, 0.25) is 0 Å². The standard InChI is InChI=1S/C14H15NO3S/c1-2-18-13(17)7-6-11-9-19-14(15-11)10-4-3-5-12(16)8-10/h3-5,8-9,16H,2,6-7H2,1H3. The molecule has 100 valence electrons. The SMILES string of the molecule is CCOC(=O)CCc1csc(-c2cccc(O)c2)n1. The average molecular weight is 277 g/mol. The summed E-state index contributed by atoms with van der Waals surface area (Å²) in [6.45, 7) is 2.20. The van der Waals surface area contributed by atoms with Gasteiger partial charge in [-0.1, -0.05) is 12.1 Å². The van der Waals surface area contributed by atoms with Crippen molar-refractivity contribution in [2.24, 2.45) is 0 Å². The maximum atomic E-state index is 11.3. The molecule has 0 aliphatic carbocycles. The summed E-state index contributed by atoms with van der Waals surface area (Å²) in [5.41, 5.74) is 1.75. The van der Waals surface area contributed by atoms with Gasteiger partial charge < -0.3 is 9.84 Å². The summed E-state index contributed by atoms with van der Waals surface area (Å²) >= 11 is 1.50. The number of carbonyl (C=O) groups excluding carboxylic acids is 1. The molecule has 0 aliphatic rings. The molecule has 0 saturated heterocycles. The highest BCUT2D eigenvalue weighted by Crippen LogP contribution is 2.26. The van der Waals surface area contributed by atoms with Gasteiger partial charge in [0, 0.05) is 17.4 Å². The lowest BCUT2D eigenvalue weighted by Crippen LogP contribution is -2.05. The fourth-order valence-corrected chi connectivity index (χ4v) is 2.51. The Labute approximate surface area is 115 Å². The average Bonchev–Trinajstić information content (AvgIpc) is 2.85. The highest BCUT2D eigenvalue weighted by atomic mass is 32.1. The molecule has 4 nitrogen and oxygen atoms in total. The molecule has 2 aromatic rings. The molecule has 0 radical (unpaired) electrons. The van der Waals surface area contributed by atoms with Crippen LogP contribution in [0.2, 0.25) is 0 Å². The Bertz CT molecular complexity index is 565. The van der Waals surface area contributed by atoms with E-state index >= 15 is 0 Å². The Morgan fingerprint density at radius 1 is 1.47 bits per heavy atom. The van der Waals surface area contributed by atoms with Crippen molar-refractivity contribution in [1.82, 2.24) is 4.98 Å². The zero-order valence-electron chi connectivity index (χ0n) is 10.6. The Balaban J connectivity index is 2.01. The minimum Gasteiger partial charge on any atom is -0.508 e. The van der Waals surface area contributed by atoms with Gasteiger partial charge in [0.15, 0.2) is 0 Å². The van der Waals surface area contributed by atoms with E-state index in [0.717, 1.165) is 16.3 Å². The molecule has 1 aromatic heterocycles. The molecule has 0 spiro atoms. The molecular weight excluding hydrogens is 262 g/mol. The first-order valence-corrected chi connectivity index (χ1v) is 6.96. The van der Waals surface area contributed by atoms with Gasteiger partial charge in [0.25, 0.3) is 0 Å². The van der Waals surface area contributed by atoms with Crippen molar-refractivity contribution >= 4 is 17.3 Å². The Kier molecular flexibility index (Phi) is 4.52. The Morgan fingerprint density at radius 2 is 2.32 bits per heavy atom. The maximum absolute atomic E-state index is 11.3. The second-order valence-corrected chi connectivity index (χ2v) is 4.86. The fraction of sp³-hybridized carbons (Fsp3) is 0.286. The number of thiazole rings is 1. The Morgan fingerprint density at radius 3 is 3.05 bits per heavy atom. The molecule has 1 N–H and O–H groups in total. The number of ether oxygens (including phenoxy) is 1. The van der Waals surface area contributed by atoms with E-state index in [0.29, 0.717) is 19.4 Å². The van der Waals surface area contributed by atoms with Gasteiger partial charge in [0.1, 0.15) is 10.8 Å². The van der Waals surface area contributed by atoms with Gasteiger partial charge in [0.05, 0.1) is 18.7 Å². The van der Waals surface area contributed by atoms with Gasteiger partial charge in [-0.25, -0.2) is 4.98 Å². The van der Waals surface area contributed by atoms with Crippen molar-refractivity contribution in [2.45, 2.75) is 19.8 Å². The Hall–Kier alpha value is -1.88. The van der Waals surface area contributed by atoms with E-state index < -0.39 is 0 Å². The zero-order chi connectivity index (χ0) is 13.7. The van der Waals surface area contributed by atoms with Crippen LogP contribution >= 0.6 is 11.3 Å². The van der Waals surface area contributed by atoms with Crippen LogP contribution in [-0.2, 0) is 16.0 Å². The highest BCUT2D eigenvalue weighted by molar-refractivity contribution is 7.13. The lowest BCUT2D eigenvalue weighted by Gasteiger charge is -1.99. The molecule has 0 unspecified atom stereocenters. The number of esters is 1. The lowest BCUT2D eigenvalue weighted by atomic mass is 10.2. The first kappa shape index (κ1) is 13.5. The summed E-state index contributed by atoms with van der Waals surface area (Å²) in [5.74, 6) is 0.0233. The molecule has 0 aliphatic heterocycles. The van der Waals surface area contributed by atoms with Crippen molar-refractivity contribution in [3.05, 3.63) is 35.3 Å². The summed E-state index contributed by atoms with van der Waals surface area (Å²) in [5, 5.41) is 12.2. The topological polar surface area (TPSA) is 59.4 Å². The molecule has 0 bridgehead atoms. The van der Waals surface area contributed by atoms with Crippen LogP contribution in [0.25, 0.3) is 10.6 Å². The smallest absolute Gasteiger partial charge is 0.306 e. The molecule has 5 heteroatoms. The third-order valence-electron chi connectivity index (χ3n) is 2.54. The number of hydrogen-bond donors (Lipinski definition) is 1. The highest BCUT2D eigenvalue weighted by Gasteiger charge is 2.08. The molecular formula is C14H15NO3S. The second-order valence-electron chi connectivity index (χ2n) is 4.00. The molecule has 0 fully saturated rings. The van der Waals surface area contributed by atoms with Crippen LogP contribution in [0.1, 0.15) is 19.0 Å². The molecule has 0 saturated carbocycles. The van der Waals surface area contributed by atoms with Crippen molar-refractivity contribution in [1.29, 1.82) is 0 Å². The summed E-state index contributed by atoms with van der Waals surface area (Å²) in [7, 11) is 0. The summed E-state index contributed by atoms with van der Waals surface area (Å²) < 4.78 is 4.87. The van der Waals surface area contributed by atoms with Crippen molar-refractivity contribution in [3.8, 4) is 16.3 Å². The number of aryl methyl sites for hydroxylation is 1. The maximum Gasteiger partial charge on any atom is 0.306 e. The number of benzene rings is 1. The monoisotopic (exact) mass is 277 g/mol. The van der Waals surface area contributed by atoms with Gasteiger partial charge in [-0.05, 0) is 19.1 Å². The predicted octanol–water partition coefficient (Wildman–Crippen LogP) is 3.01. The molecule has 0 atom stereocenters. The number of carbonyl (C=O) groups is 1. The number of aromatic nitrogens is 1. The van der Waals surface area contributed by atoms with Crippen LogP contribution < -0.4 is 0 Å². The van der Waals surface area contributed by atoms with E-state index in [4.69, 9.17) is 4.74 Å². The zero-order valence-corrected chi connectivity index (χ0v) is 11.4. The third-order valence-corrected chi connectivity index (χ3v) is 3.48. The summed E-state index contributed by atoms with van der Waals surface area (Å²) in [4.78, 5) is 15.7. The van der Waals surface area contributed by atoms with E-state index in [1.807, 2.05) is 11.4 Å². The van der Waals surface area contributed by atoms with Crippen LogP contribution in [-0.4, -0.2) is 22.7 Å². The van der Waals surface area contributed by atoms with Crippen LogP contribution in [0.15, 0.2) is 29.6 Å². The summed E-state index contributed by atoms with van der Waals surface area (Å²) in [6, 6.07) is 6.98. The second kappa shape index (κ2) is 6.33. The molecule has 2 rings (SSSR count). The largest absolute Gasteiger partial charge is 0.508 e. The van der Waals surface area contributed by atoms with E-state index in [2.05, 4.69) is 4.98 Å². The van der Waals surface area contributed by atoms with Crippen LogP contribution in [0, 0.1) is 0 Å². The van der Waals surface area contributed by atoms with Gasteiger partial charge >= 0.3 is 5.97 Å². The number of phenolic OH excluding ortho intramolecular Hbond substituents is 1. The number of nitrogens with zero attached hydrogens (tertiary/aromatic N) is 1. The number of aromatic hydroxyl groups is 1. The van der Waals surface area contributed by atoms with Gasteiger partial charge in [-0.15, -0.1) is 11.3 Å². The van der Waals surface area contributed by atoms with Crippen molar-refractivity contribution in [2.75, 3.05) is 6.61 Å². The minimum atomic E-state index is -0.200. The van der Waals surface area contributed by atoms with Crippen molar-refractivity contribution < 1.29 is 14.6 Å². The molecule has 0 amide bonds. The van der Waals surface area contributed by atoms with E-state index in [9.17, 15) is 9.90 Å². The predicted molar refractivity (Wildman–Crippen MR) is 74.2 cm³/mol. The quantitative estimate of drug-likeness (QED) is 0.853. The molecule has 1 heterocycles. The van der Waals surface area contributed by atoms with Crippen LogP contribution in [0.3, 0.4) is 0 Å². The lowest BCUT2D eigenvalue weighted by molar-refractivity contribution is -0.143. The third kappa shape index (κ3) is 3.79. The first-order chi connectivity index (χ1) is 9.19. The summed E-state index contributed by atoms with van der Waals surface area (Å²) in [6.07, 6.45) is 0.922. The number of rotatable bonds is 5. The van der Waals surface area contributed by atoms with Crippen molar-refractivity contribution in [3.63, 3.8) is 0 Å². The molecule has 19 heavy (non-hydrogen) atoms. The number of hydrogen-bond acceptors (Lipinski definition) is 5. The van der Waals surface area contributed by atoms with Gasteiger partial charge in [-0.2, -0.15) is 0 Å². The van der Waals surface area contributed by atoms with E-state index in [-0.39, 0.29) is 11.7 Å². The molecule has 1 aromatic carbocycles. The van der Waals surface area contributed by atoms with Gasteiger partial charge in [-0.3, -0.25) is 4.79 Å². The van der Waals surface area contributed by atoms with E-state index in [1.165, 1.54) is 11.3 Å². The van der Waals surface area contributed by atoms with Crippen LogP contribution in [0.5, 0.6) is 5.75 Å². The van der Waals surface area contributed by atoms with Crippen LogP contribution in [0.4, 0.5) is 0 Å². The van der Waals surface area contributed by atoms with E-state index in [1.54, 1.807) is 25.1 Å².